The minimum atomic E-state index is -1.02. The van der Waals surface area contributed by atoms with Gasteiger partial charge in [0.1, 0.15) is 17.2 Å². The highest BCUT2D eigenvalue weighted by Crippen LogP contribution is 2.32. The second kappa shape index (κ2) is 6.83. The molecule has 1 N–H and O–H groups in total. The lowest BCUT2D eigenvalue weighted by atomic mass is 10.3. The van der Waals surface area contributed by atoms with Crippen LogP contribution in [0.3, 0.4) is 0 Å². The van der Waals surface area contributed by atoms with E-state index in [0.717, 1.165) is 4.47 Å². The van der Waals surface area contributed by atoms with Gasteiger partial charge in [0.25, 0.3) is 0 Å². The van der Waals surface area contributed by atoms with Crippen LogP contribution in [0.1, 0.15) is 6.92 Å². The molecule has 0 aliphatic heterocycles. The third-order valence-electron chi connectivity index (χ3n) is 2.61. The highest BCUT2D eigenvalue weighted by atomic mass is 79.9. The Labute approximate surface area is 135 Å². The molecular formula is C15H12BrClO4. The molecule has 0 heterocycles. The molecule has 0 aliphatic rings. The molecule has 0 amide bonds. The van der Waals surface area contributed by atoms with E-state index in [1.807, 2.05) is 6.07 Å². The van der Waals surface area contributed by atoms with E-state index in [1.54, 1.807) is 36.4 Å². The summed E-state index contributed by atoms with van der Waals surface area (Å²) in [6, 6.07) is 12.0. The number of aliphatic carboxylic acids is 1. The van der Waals surface area contributed by atoms with Gasteiger partial charge in [-0.2, -0.15) is 0 Å². The number of hydrogen-bond donors (Lipinski definition) is 1. The Kier molecular flexibility index (Phi) is 5.09. The quantitative estimate of drug-likeness (QED) is 0.824. The van der Waals surface area contributed by atoms with Gasteiger partial charge in [-0.3, -0.25) is 0 Å². The lowest BCUT2D eigenvalue weighted by Crippen LogP contribution is -2.22. The Hall–Kier alpha value is -1.72. The molecule has 4 nitrogen and oxygen atoms in total. The monoisotopic (exact) mass is 370 g/mol. The molecule has 2 rings (SSSR count). The molecule has 2 aromatic carbocycles. The molecule has 1 atom stereocenters. The molecule has 6 heteroatoms. The molecule has 110 valence electrons. The maximum atomic E-state index is 10.7. The van der Waals surface area contributed by atoms with Crippen LogP contribution in [0.5, 0.6) is 17.2 Å². The molecule has 0 saturated carbocycles. The molecule has 1 unspecified atom stereocenters. The second-order valence-corrected chi connectivity index (χ2v) is 5.57. The summed E-state index contributed by atoms with van der Waals surface area (Å²) in [6.45, 7) is 1.47. The summed E-state index contributed by atoms with van der Waals surface area (Å²) >= 11 is 9.39. The van der Waals surface area contributed by atoms with Crippen molar-refractivity contribution in [1.29, 1.82) is 0 Å². The van der Waals surface area contributed by atoms with Crippen LogP contribution in [-0.2, 0) is 4.79 Å². The highest BCUT2D eigenvalue weighted by molar-refractivity contribution is 9.10. The maximum absolute atomic E-state index is 10.7. The van der Waals surface area contributed by atoms with Crippen LogP contribution in [0.4, 0.5) is 0 Å². The van der Waals surface area contributed by atoms with Crippen molar-refractivity contribution in [2.24, 2.45) is 0 Å². The number of hydrogen-bond acceptors (Lipinski definition) is 3. The zero-order chi connectivity index (χ0) is 15.4. The lowest BCUT2D eigenvalue weighted by Gasteiger charge is -2.11. The molecule has 0 aliphatic carbocycles. The van der Waals surface area contributed by atoms with E-state index in [0.29, 0.717) is 22.3 Å². The van der Waals surface area contributed by atoms with Crippen LogP contribution in [0.15, 0.2) is 46.9 Å². The largest absolute Gasteiger partial charge is 0.479 e. The van der Waals surface area contributed by atoms with Gasteiger partial charge >= 0.3 is 5.97 Å². The van der Waals surface area contributed by atoms with Crippen LogP contribution >= 0.6 is 27.5 Å². The van der Waals surface area contributed by atoms with Gasteiger partial charge in [-0.15, -0.1) is 0 Å². The van der Waals surface area contributed by atoms with E-state index in [-0.39, 0.29) is 0 Å². The van der Waals surface area contributed by atoms with Crippen molar-refractivity contribution < 1.29 is 19.4 Å². The lowest BCUT2D eigenvalue weighted by molar-refractivity contribution is -0.144. The molecule has 2 aromatic rings. The first-order chi connectivity index (χ1) is 9.95. The fraction of sp³-hybridized carbons (Fsp3) is 0.133. The van der Waals surface area contributed by atoms with Crippen molar-refractivity contribution in [3.63, 3.8) is 0 Å². The topological polar surface area (TPSA) is 55.8 Å². The van der Waals surface area contributed by atoms with Crippen LogP contribution in [0, 0.1) is 0 Å². The van der Waals surface area contributed by atoms with Gasteiger partial charge in [0.2, 0.25) is 0 Å². The number of benzene rings is 2. The first-order valence-corrected chi connectivity index (χ1v) is 7.25. The standard InChI is InChI=1S/C15H12BrClO4/c1-9(15(18)19)20-11-3-5-12(6-4-11)21-14-7-2-10(16)8-13(14)17/h2-9H,1H3,(H,18,19). The third kappa shape index (κ3) is 4.37. The summed E-state index contributed by atoms with van der Waals surface area (Å²) in [5.74, 6) is 0.554. The van der Waals surface area contributed by atoms with Gasteiger partial charge in [0.05, 0.1) is 5.02 Å². The number of carboxylic acids is 1. The van der Waals surface area contributed by atoms with Crippen molar-refractivity contribution in [2.45, 2.75) is 13.0 Å². The summed E-state index contributed by atoms with van der Waals surface area (Å²) < 4.78 is 11.7. The fourth-order valence-corrected chi connectivity index (χ4v) is 2.24. The number of halogens is 2. The van der Waals surface area contributed by atoms with Crippen LogP contribution in [0.2, 0.25) is 5.02 Å². The van der Waals surface area contributed by atoms with Gasteiger partial charge in [-0.25, -0.2) is 4.79 Å². The molecule has 0 saturated heterocycles. The molecule has 0 radical (unpaired) electrons. The summed E-state index contributed by atoms with van der Waals surface area (Å²) in [5.41, 5.74) is 0. The average Bonchev–Trinajstić information content (AvgIpc) is 2.43. The summed E-state index contributed by atoms with van der Waals surface area (Å²) in [7, 11) is 0. The van der Waals surface area contributed by atoms with E-state index in [9.17, 15) is 4.79 Å². The molecular weight excluding hydrogens is 360 g/mol. The predicted molar refractivity (Wildman–Crippen MR) is 83.4 cm³/mol. The minimum absolute atomic E-state index is 0.458. The summed E-state index contributed by atoms with van der Waals surface area (Å²) in [6.07, 6.45) is -0.905. The third-order valence-corrected chi connectivity index (χ3v) is 3.39. The SMILES string of the molecule is CC(Oc1ccc(Oc2ccc(Br)cc2Cl)cc1)C(=O)O. The Morgan fingerprint density at radius 1 is 1.19 bits per heavy atom. The molecule has 21 heavy (non-hydrogen) atoms. The van der Waals surface area contributed by atoms with E-state index in [4.69, 9.17) is 26.2 Å². The molecule has 0 aromatic heterocycles. The van der Waals surface area contributed by atoms with Crippen molar-refractivity contribution >= 4 is 33.5 Å². The van der Waals surface area contributed by atoms with Gasteiger partial charge in [0.15, 0.2) is 6.10 Å². The number of carbonyl (C=O) groups is 1. The van der Waals surface area contributed by atoms with E-state index in [1.165, 1.54) is 6.92 Å². The Bertz CT molecular complexity index is 643. The predicted octanol–water partition coefficient (Wildman–Crippen LogP) is 4.75. The van der Waals surface area contributed by atoms with Crippen LogP contribution in [-0.4, -0.2) is 17.2 Å². The van der Waals surface area contributed by atoms with Crippen LogP contribution < -0.4 is 9.47 Å². The van der Waals surface area contributed by atoms with E-state index in [2.05, 4.69) is 15.9 Å². The van der Waals surface area contributed by atoms with Crippen molar-refractivity contribution in [1.82, 2.24) is 0 Å². The molecule has 0 fully saturated rings. The van der Waals surface area contributed by atoms with Gasteiger partial charge in [-0.1, -0.05) is 27.5 Å². The smallest absolute Gasteiger partial charge is 0.344 e. The van der Waals surface area contributed by atoms with Crippen LogP contribution in [0.25, 0.3) is 0 Å². The summed E-state index contributed by atoms with van der Waals surface area (Å²) in [4.78, 5) is 10.7. The van der Waals surface area contributed by atoms with Gasteiger partial charge in [0, 0.05) is 4.47 Å². The highest BCUT2D eigenvalue weighted by Gasteiger charge is 2.12. The maximum Gasteiger partial charge on any atom is 0.344 e. The first-order valence-electron chi connectivity index (χ1n) is 6.08. The number of ether oxygens (including phenoxy) is 2. The second-order valence-electron chi connectivity index (χ2n) is 4.25. The Balaban J connectivity index is 2.07. The Morgan fingerprint density at radius 2 is 1.81 bits per heavy atom. The fourth-order valence-electron chi connectivity index (χ4n) is 1.53. The normalized spacial score (nSPS) is 11.8. The Morgan fingerprint density at radius 3 is 2.38 bits per heavy atom. The minimum Gasteiger partial charge on any atom is -0.479 e. The average molecular weight is 372 g/mol. The number of carboxylic acid groups (broad SMARTS) is 1. The van der Waals surface area contributed by atoms with E-state index < -0.39 is 12.1 Å². The van der Waals surface area contributed by atoms with Gasteiger partial charge < -0.3 is 14.6 Å². The number of rotatable bonds is 5. The summed E-state index contributed by atoms with van der Waals surface area (Å²) in [5, 5.41) is 9.27. The molecule has 0 spiro atoms. The van der Waals surface area contributed by atoms with Crippen molar-refractivity contribution in [3.8, 4) is 17.2 Å². The van der Waals surface area contributed by atoms with Crippen molar-refractivity contribution in [3.05, 3.63) is 52.0 Å². The van der Waals surface area contributed by atoms with E-state index >= 15 is 0 Å². The zero-order valence-corrected chi connectivity index (χ0v) is 13.4. The molecule has 0 bridgehead atoms. The first kappa shape index (κ1) is 15.7. The van der Waals surface area contributed by atoms with Crippen molar-refractivity contribution in [2.75, 3.05) is 0 Å². The van der Waals surface area contributed by atoms with Gasteiger partial charge in [-0.05, 0) is 49.4 Å². The zero-order valence-electron chi connectivity index (χ0n) is 11.0.